The molecule has 1 aromatic rings. The minimum Gasteiger partial charge on any atom is -0.220 e. The number of hydrogen-bond acceptors (Lipinski definition) is 2. The summed E-state index contributed by atoms with van der Waals surface area (Å²) in [4.78, 5) is 0. The summed E-state index contributed by atoms with van der Waals surface area (Å²) in [5.74, 6) is 0. The van der Waals surface area contributed by atoms with Gasteiger partial charge >= 0.3 is 0 Å². The first-order chi connectivity index (χ1) is 15.1. The van der Waals surface area contributed by atoms with Gasteiger partial charge in [-0.1, -0.05) is 139 Å². The van der Waals surface area contributed by atoms with Crippen molar-refractivity contribution in [3.8, 4) is 0 Å². The molecular weight excluding hydrogens is 400 g/mol. The van der Waals surface area contributed by atoms with Crippen molar-refractivity contribution in [2.45, 2.75) is 116 Å². The first-order valence-corrected chi connectivity index (χ1v) is 14.4. The standard InChI is InChI=1S/C28H46O2S/c1-2-3-4-5-6-7-8-9-10-11-12-13-14-15-16-17-21-26-31(29,30)27-22-25-28-23-19-18-20-24-28/h18-24,26-27H,2-17,25H2,1H3. The monoisotopic (exact) mass is 446 g/mol. The number of allylic oxidation sites excluding steroid dienone is 2. The van der Waals surface area contributed by atoms with E-state index in [4.69, 9.17) is 0 Å². The fourth-order valence-corrected chi connectivity index (χ4v) is 4.67. The topological polar surface area (TPSA) is 34.1 Å². The maximum Gasteiger partial charge on any atom is 0.192 e. The average Bonchev–Trinajstić information content (AvgIpc) is 2.76. The summed E-state index contributed by atoms with van der Waals surface area (Å²) in [6.07, 6.45) is 25.3. The molecule has 0 amide bonds. The largest absolute Gasteiger partial charge is 0.220 e. The van der Waals surface area contributed by atoms with Crippen LogP contribution in [0.1, 0.15) is 115 Å². The van der Waals surface area contributed by atoms with E-state index in [9.17, 15) is 8.42 Å². The number of unbranched alkanes of at least 4 members (excludes halogenated alkanes) is 15. The van der Waals surface area contributed by atoms with Gasteiger partial charge in [0.15, 0.2) is 9.84 Å². The summed E-state index contributed by atoms with van der Waals surface area (Å²) in [5, 5.41) is 2.68. The molecule has 0 fully saturated rings. The Labute approximate surface area is 193 Å². The molecular formula is C28H46O2S. The summed E-state index contributed by atoms with van der Waals surface area (Å²) in [6, 6.07) is 9.90. The van der Waals surface area contributed by atoms with Gasteiger partial charge in [0, 0.05) is 10.8 Å². The van der Waals surface area contributed by atoms with E-state index in [1.165, 1.54) is 101 Å². The van der Waals surface area contributed by atoms with Gasteiger partial charge in [-0.25, -0.2) is 8.42 Å². The Hall–Kier alpha value is -1.35. The lowest BCUT2D eigenvalue weighted by atomic mass is 10.0. The summed E-state index contributed by atoms with van der Waals surface area (Å²) >= 11 is 0. The van der Waals surface area contributed by atoms with Crippen LogP contribution in [0.15, 0.2) is 53.3 Å². The molecule has 0 aliphatic heterocycles. The molecule has 0 aliphatic carbocycles. The summed E-state index contributed by atoms with van der Waals surface area (Å²) in [5.41, 5.74) is 1.12. The van der Waals surface area contributed by atoms with Crippen LogP contribution in [0.4, 0.5) is 0 Å². The SMILES string of the molecule is CCCCCCCCCCCCCCCCCC=CS(=O)(=O)C=CCc1ccccc1. The van der Waals surface area contributed by atoms with Crippen molar-refractivity contribution in [1.82, 2.24) is 0 Å². The number of sulfone groups is 1. The minimum absolute atomic E-state index is 0.646. The van der Waals surface area contributed by atoms with E-state index in [1.807, 2.05) is 36.4 Å². The fraction of sp³-hybridized carbons (Fsp3) is 0.643. The molecule has 0 unspecified atom stereocenters. The molecule has 1 aromatic carbocycles. The van der Waals surface area contributed by atoms with Crippen molar-refractivity contribution >= 4 is 9.84 Å². The lowest BCUT2D eigenvalue weighted by molar-refractivity contribution is 0.533. The van der Waals surface area contributed by atoms with Crippen LogP contribution in [0.3, 0.4) is 0 Å². The van der Waals surface area contributed by atoms with Crippen molar-refractivity contribution in [3.05, 3.63) is 58.9 Å². The fourth-order valence-electron chi connectivity index (χ4n) is 3.81. The summed E-state index contributed by atoms with van der Waals surface area (Å²) in [6.45, 7) is 2.28. The lowest BCUT2D eigenvalue weighted by Gasteiger charge is -2.03. The molecule has 0 saturated carbocycles. The van der Waals surface area contributed by atoms with Crippen LogP contribution in [0.25, 0.3) is 0 Å². The maximum atomic E-state index is 12.0. The van der Waals surface area contributed by atoms with Crippen LogP contribution in [-0.2, 0) is 16.3 Å². The van der Waals surface area contributed by atoms with E-state index < -0.39 is 9.84 Å². The molecule has 2 nitrogen and oxygen atoms in total. The molecule has 0 radical (unpaired) electrons. The zero-order chi connectivity index (χ0) is 22.5. The second-order valence-electron chi connectivity index (χ2n) is 8.76. The Morgan fingerprint density at radius 1 is 0.613 bits per heavy atom. The van der Waals surface area contributed by atoms with Crippen LogP contribution in [-0.4, -0.2) is 8.42 Å². The van der Waals surface area contributed by atoms with E-state index in [0.717, 1.165) is 18.4 Å². The van der Waals surface area contributed by atoms with E-state index in [0.29, 0.717) is 6.42 Å². The van der Waals surface area contributed by atoms with Gasteiger partial charge in [-0.2, -0.15) is 0 Å². The third-order valence-corrected chi connectivity index (χ3v) is 6.89. The van der Waals surface area contributed by atoms with Gasteiger partial charge < -0.3 is 0 Å². The highest BCUT2D eigenvalue weighted by Gasteiger charge is 1.99. The Morgan fingerprint density at radius 2 is 1.06 bits per heavy atom. The molecule has 0 atom stereocenters. The highest BCUT2D eigenvalue weighted by molar-refractivity contribution is 7.97. The molecule has 0 heterocycles. The summed E-state index contributed by atoms with van der Waals surface area (Å²) in [7, 11) is -3.23. The van der Waals surface area contributed by atoms with Crippen LogP contribution in [0, 0.1) is 0 Å². The van der Waals surface area contributed by atoms with Crippen molar-refractivity contribution in [2.75, 3.05) is 0 Å². The van der Waals surface area contributed by atoms with Crippen molar-refractivity contribution < 1.29 is 8.42 Å². The Morgan fingerprint density at radius 3 is 1.58 bits per heavy atom. The first kappa shape index (κ1) is 27.7. The highest BCUT2D eigenvalue weighted by Crippen LogP contribution is 2.14. The third kappa shape index (κ3) is 18.0. The number of hydrogen-bond donors (Lipinski definition) is 0. The molecule has 176 valence electrons. The zero-order valence-corrected chi connectivity index (χ0v) is 20.8. The van der Waals surface area contributed by atoms with Crippen LogP contribution in [0.2, 0.25) is 0 Å². The molecule has 1 rings (SSSR count). The predicted molar refractivity (Wildman–Crippen MR) is 137 cm³/mol. The van der Waals surface area contributed by atoms with E-state index in [-0.39, 0.29) is 0 Å². The summed E-state index contributed by atoms with van der Waals surface area (Å²) < 4.78 is 24.0. The number of benzene rings is 1. The van der Waals surface area contributed by atoms with Gasteiger partial charge in [0.05, 0.1) is 0 Å². The Kier molecular flexibility index (Phi) is 17.3. The molecule has 0 bridgehead atoms. The molecule has 0 saturated heterocycles. The van der Waals surface area contributed by atoms with E-state index >= 15 is 0 Å². The van der Waals surface area contributed by atoms with Crippen LogP contribution < -0.4 is 0 Å². The second kappa shape index (κ2) is 19.3. The Balaban J connectivity index is 1.91. The van der Waals surface area contributed by atoms with Gasteiger partial charge in [-0.05, 0) is 24.8 Å². The quantitative estimate of drug-likeness (QED) is 0.187. The zero-order valence-electron chi connectivity index (χ0n) is 19.9. The molecule has 0 aliphatic rings. The van der Waals surface area contributed by atoms with Gasteiger partial charge in [-0.3, -0.25) is 0 Å². The molecule has 31 heavy (non-hydrogen) atoms. The van der Waals surface area contributed by atoms with Crippen molar-refractivity contribution in [3.63, 3.8) is 0 Å². The normalized spacial score (nSPS) is 12.3. The number of rotatable bonds is 20. The maximum absolute atomic E-state index is 12.0. The van der Waals surface area contributed by atoms with Gasteiger partial charge in [0.1, 0.15) is 0 Å². The Bertz CT molecular complexity index is 674. The van der Waals surface area contributed by atoms with Crippen molar-refractivity contribution in [2.24, 2.45) is 0 Å². The lowest BCUT2D eigenvalue weighted by Crippen LogP contribution is -1.89. The minimum atomic E-state index is -3.23. The average molecular weight is 447 g/mol. The van der Waals surface area contributed by atoms with Gasteiger partial charge in [0.2, 0.25) is 0 Å². The van der Waals surface area contributed by atoms with E-state index in [2.05, 4.69) is 6.92 Å². The van der Waals surface area contributed by atoms with Gasteiger partial charge in [0.25, 0.3) is 0 Å². The molecule has 0 N–H and O–H groups in total. The predicted octanol–water partition coefficient (Wildman–Crippen LogP) is 8.93. The third-order valence-electron chi connectivity index (χ3n) is 5.74. The van der Waals surface area contributed by atoms with Crippen LogP contribution in [0.5, 0.6) is 0 Å². The smallest absolute Gasteiger partial charge is 0.192 e. The first-order valence-electron chi connectivity index (χ1n) is 12.8. The van der Waals surface area contributed by atoms with Crippen LogP contribution >= 0.6 is 0 Å². The van der Waals surface area contributed by atoms with Crippen molar-refractivity contribution in [1.29, 1.82) is 0 Å². The highest BCUT2D eigenvalue weighted by atomic mass is 32.2. The van der Waals surface area contributed by atoms with E-state index in [1.54, 1.807) is 6.08 Å². The molecule has 3 heteroatoms. The van der Waals surface area contributed by atoms with Gasteiger partial charge in [-0.15, -0.1) is 0 Å². The molecule has 0 spiro atoms. The molecule has 0 aromatic heterocycles. The second-order valence-corrected chi connectivity index (χ2v) is 10.5.